The molecular formula is C15H16BrN3O. The second-order valence-electron chi connectivity index (χ2n) is 4.67. The van der Waals surface area contributed by atoms with Crippen molar-refractivity contribution in [3.63, 3.8) is 0 Å². The van der Waals surface area contributed by atoms with Gasteiger partial charge in [0.2, 0.25) is 0 Å². The first-order valence-electron chi connectivity index (χ1n) is 6.12. The molecule has 20 heavy (non-hydrogen) atoms. The number of nitrogens with two attached hydrogens (primary N) is 2. The molecule has 104 valence electrons. The highest BCUT2D eigenvalue weighted by molar-refractivity contribution is 9.10. The third-order valence-electron chi connectivity index (χ3n) is 3.13. The molecule has 5 N–H and O–H groups in total. The summed E-state index contributed by atoms with van der Waals surface area (Å²) in [6, 6.07) is 9.22. The van der Waals surface area contributed by atoms with Crippen LogP contribution in [0.3, 0.4) is 0 Å². The van der Waals surface area contributed by atoms with Gasteiger partial charge in [-0.05, 0) is 49.2 Å². The summed E-state index contributed by atoms with van der Waals surface area (Å²) in [7, 11) is 0. The van der Waals surface area contributed by atoms with Crippen molar-refractivity contribution in [2.45, 2.75) is 13.8 Å². The molecule has 0 bridgehead atoms. The van der Waals surface area contributed by atoms with Crippen LogP contribution < -0.4 is 16.8 Å². The Morgan fingerprint density at radius 3 is 2.35 bits per heavy atom. The highest BCUT2D eigenvalue weighted by Gasteiger charge is 2.11. The van der Waals surface area contributed by atoms with E-state index in [1.165, 1.54) is 0 Å². The summed E-state index contributed by atoms with van der Waals surface area (Å²) in [5.41, 5.74) is 15.8. The van der Waals surface area contributed by atoms with Crippen LogP contribution in [0.4, 0.5) is 17.1 Å². The zero-order valence-corrected chi connectivity index (χ0v) is 12.9. The molecule has 4 nitrogen and oxygen atoms in total. The van der Waals surface area contributed by atoms with Crippen molar-refractivity contribution >= 4 is 38.9 Å². The van der Waals surface area contributed by atoms with Gasteiger partial charge in [-0.1, -0.05) is 22.0 Å². The largest absolute Gasteiger partial charge is 0.396 e. The van der Waals surface area contributed by atoms with Crippen molar-refractivity contribution in [1.82, 2.24) is 0 Å². The topological polar surface area (TPSA) is 81.1 Å². The van der Waals surface area contributed by atoms with Crippen molar-refractivity contribution in [2.75, 3.05) is 11.1 Å². The van der Waals surface area contributed by atoms with Gasteiger partial charge in [-0.3, -0.25) is 4.79 Å². The van der Waals surface area contributed by atoms with Gasteiger partial charge in [0.1, 0.15) is 0 Å². The lowest BCUT2D eigenvalue weighted by Crippen LogP contribution is -2.14. The predicted molar refractivity (Wildman–Crippen MR) is 86.3 cm³/mol. The fourth-order valence-corrected chi connectivity index (χ4v) is 2.82. The first-order chi connectivity index (χ1) is 9.40. The molecule has 0 aliphatic rings. The number of anilines is 3. The lowest BCUT2D eigenvalue weighted by molar-refractivity contribution is 0.100. The quantitative estimate of drug-likeness (QED) is 0.752. The van der Waals surface area contributed by atoms with Crippen molar-refractivity contribution < 1.29 is 4.79 Å². The Morgan fingerprint density at radius 2 is 1.80 bits per heavy atom. The number of hydrogen-bond acceptors (Lipinski definition) is 3. The van der Waals surface area contributed by atoms with Gasteiger partial charge in [0.25, 0.3) is 5.91 Å². The molecule has 0 fully saturated rings. The lowest BCUT2D eigenvalue weighted by Gasteiger charge is -2.16. The smallest absolute Gasteiger partial charge is 0.250 e. The first kappa shape index (κ1) is 14.4. The molecule has 2 rings (SSSR count). The molecule has 2 aromatic carbocycles. The molecule has 5 heteroatoms. The van der Waals surface area contributed by atoms with Crippen LogP contribution in [0.1, 0.15) is 21.5 Å². The fraction of sp³-hybridized carbons (Fsp3) is 0.133. The number of nitrogen functional groups attached to an aromatic ring is 1. The maximum Gasteiger partial charge on any atom is 0.250 e. The molecule has 0 heterocycles. The number of rotatable bonds is 3. The van der Waals surface area contributed by atoms with Crippen molar-refractivity contribution in [1.29, 1.82) is 0 Å². The monoisotopic (exact) mass is 333 g/mol. The zero-order valence-electron chi connectivity index (χ0n) is 11.3. The number of primary amides is 1. The Hall–Kier alpha value is -2.01. The lowest BCUT2D eigenvalue weighted by atomic mass is 10.1. The van der Waals surface area contributed by atoms with E-state index < -0.39 is 5.91 Å². The van der Waals surface area contributed by atoms with Crippen LogP contribution in [0.15, 0.2) is 34.8 Å². The van der Waals surface area contributed by atoms with E-state index in [1.54, 1.807) is 12.1 Å². The van der Waals surface area contributed by atoms with Crippen LogP contribution in [0, 0.1) is 13.8 Å². The van der Waals surface area contributed by atoms with Crippen LogP contribution in [-0.2, 0) is 0 Å². The molecule has 0 saturated heterocycles. The molecule has 0 aliphatic carbocycles. The number of carbonyl (C=O) groups excluding carboxylic acids is 1. The maximum atomic E-state index is 11.3. The molecule has 0 spiro atoms. The summed E-state index contributed by atoms with van der Waals surface area (Å²) in [6.07, 6.45) is 0. The van der Waals surface area contributed by atoms with Crippen LogP contribution in [0.25, 0.3) is 0 Å². The minimum Gasteiger partial charge on any atom is -0.396 e. The van der Waals surface area contributed by atoms with E-state index in [2.05, 4.69) is 21.2 Å². The fourth-order valence-electron chi connectivity index (χ4n) is 2.13. The average molecular weight is 334 g/mol. The molecule has 2 aromatic rings. The van der Waals surface area contributed by atoms with Crippen molar-refractivity contribution in [3.05, 3.63) is 51.5 Å². The Balaban J connectivity index is 2.46. The Kier molecular flexibility index (Phi) is 3.99. The van der Waals surface area contributed by atoms with Crippen LogP contribution in [-0.4, -0.2) is 5.91 Å². The molecular weight excluding hydrogens is 318 g/mol. The zero-order chi connectivity index (χ0) is 14.9. The number of nitrogens with one attached hydrogen (secondary N) is 1. The summed E-state index contributed by atoms with van der Waals surface area (Å²) in [5, 5.41) is 3.28. The molecule has 0 saturated carbocycles. The maximum absolute atomic E-state index is 11.3. The Bertz CT molecular complexity index is 660. The molecule has 0 aromatic heterocycles. The van der Waals surface area contributed by atoms with Crippen LogP contribution in [0.5, 0.6) is 0 Å². The summed E-state index contributed by atoms with van der Waals surface area (Å²) in [6.45, 7) is 4.02. The number of para-hydroxylation sites is 1. The van der Waals surface area contributed by atoms with Gasteiger partial charge in [0.05, 0.1) is 16.9 Å². The number of amides is 1. The number of aryl methyl sites for hydroxylation is 2. The molecule has 1 amide bonds. The SMILES string of the molecule is Cc1cc(Br)cc(C)c1Nc1cccc(C(N)=O)c1N. The second-order valence-corrected chi connectivity index (χ2v) is 5.59. The number of benzene rings is 2. The van der Waals surface area contributed by atoms with Crippen LogP contribution in [0.2, 0.25) is 0 Å². The van der Waals surface area contributed by atoms with E-state index >= 15 is 0 Å². The third kappa shape index (κ3) is 2.77. The second kappa shape index (κ2) is 5.54. The summed E-state index contributed by atoms with van der Waals surface area (Å²) in [5.74, 6) is -0.532. The highest BCUT2D eigenvalue weighted by atomic mass is 79.9. The average Bonchev–Trinajstić information content (AvgIpc) is 2.35. The van der Waals surface area contributed by atoms with Crippen molar-refractivity contribution in [3.8, 4) is 0 Å². The Labute approximate surface area is 126 Å². The van der Waals surface area contributed by atoms with E-state index in [-0.39, 0.29) is 0 Å². The molecule has 0 radical (unpaired) electrons. The number of carbonyl (C=O) groups is 1. The van der Waals surface area contributed by atoms with Gasteiger partial charge in [0.15, 0.2) is 0 Å². The van der Waals surface area contributed by atoms with Gasteiger partial charge >= 0.3 is 0 Å². The summed E-state index contributed by atoms with van der Waals surface area (Å²) < 4.78 is 1.02. The van der Waals surface area contributed by atoms with E-state index in [0.29, 0.717) is 16.9 Å². The first-order valence-corrected chi connectivity index (χ1v) is 6.91. The normalized spacial score (nSPS) is 10.3. The summed E-state index contributed by atoms with van der Waals surface area (Å²) >= 11 is 3.46. The molecule has 0 atom stereocenters. The van der Waals surface area contributed by atoms with Gasteiger partial charge in [-0.2, -0.15) is 0 Å². The predicted octanol–water partition coefficient (Wildman–Crippen LogP) is 3.49. The van der Waals surface area contributed by atoms with E-state index in [9.17, 15) is 4.79 Å². The number of halogens is 1. The third-order valence-corrected chi connectivity index (χ3v) is 3.59. The standard InChI is InChI=1S/C15H16BrN3O/c1-8-6-10(16)7-9(2)14(8)19-12-5-3-4-11(13(12)17)15(18)20/h3-7,19H,17H2,1-2H3,(H2,18,20). The minimum absolute atomic E-state index is 0.322. The molecule has 0 unspecified atom stereocenters. The summed E-state index contributed by atoms with van der Waals surface area (Å²) in [4.78, 5) is 11.3. The minimum atomic E-state index is -0.532. The van der Waals surface area contributed by atoms with Crippen LogP contribution >= 0.6 is 15.9 Å². The van der Waals surface area contributed by atoms with Gasteiger partial charge in [0, 0.05) is 10.2 Å². The van der Waals surface area contributed by atoms with Crippen molar-refractivity contribution in [2.24, 2.45) is 5.73 Å². The number of hydrogen-bond donors (Lipinski definition) is 3. The van der Waals surface area contributed by atoms with E-state index in [1.807, 2.05) is 32.0 Å². The van der Waals surface area contributed by atoms with E-state index in [0.717, 1.165) is 21.3 Å². The van der Waals surface area contributed by atoms with Gasteiger partial charge in [-0.25, -0.2) is 0 Å². The molecule has 0 aliphatic heterocycles. The van der Waals surface area contributed by atoms with Gasteiger partial charge < -0.3 is 16.8 Å². The van der Waals surface area contributed by atoms with Gasteiger partial charge in [-0.15, -0.1) is 0 Å². The van der Waals surface area contributed by atoms with E-state index in [4.69, 9.17) is 11.5 Å². The Morgan fingerprint density at radius 1 is 1.20 bits per heavy atom. The highest BCUT2D eigenvalue weighted by Crippen LogP contribution is 2.31.